The third-order valence-electron chi connectivity index (χ3n) is 8.20. The highest BCUT2D eigenvalue weighted by Crippen LogP contribution is 2.33. The molecule has 0 aliphatic rings. The summed E-state index contributed by atoms with van der Waals surface area (Å²) in [5.41, 5.74) is 1.56. The Morgan fingerprint density at radius 2 is 1.50 bits per heavy atom. The van der Waals surface area contributed by atoms with Crippen LogP contribution in [0.25, 0.3) is 0 Å². The molecular formula is C38H44FN3O7S. The van der Waals surface area contributed by atoms with Crippen LogP contribution in [0.15, 0.2) is 102 Å². The number of anilines is 1. The second-order valence-corrected chi connectivity index (χ2v) is 13.5. The van der Waals surface area contributed by atoms with Gasteiger partial charge in [-0.05, 0) is 79.9 Å². The van der Waals surface area contributed by atoms with E-state index in [1.165, 1.54) is 61.6 Å². The molecule has 1 N–H and O–H groups in total. The van der Waals surface area contributed by atoms with Gasteiger partial charge >= 0.3 is 0 Å². The van der Waals surface area contributed by atoms with E-state index in [4.69, 9.17) is 14.2 Å². The van der Waals surface area contributed by atoms with Gasteiger partial charge in [-0.1, -0.05) is 49.4 Å². The average Bonchev–Trinajstić information content (AvgIpc) is 3.13. The molecule has 50 heavy (non-hydrogen) atoms. The minimum absolute atomic E-state index is 0.0853. The zero-order chi connectivity index (χ0) is 36.3. The molecule has 0 saturated carbocycles. The van der Waals surface area contributed by atoms with E-state index < -0.39 is 40.2 Å². The first-order valence-electron chi connectivity index (χ1n) is 16.4. The number of rotatable bonds is 17. The molecule has 12 heteroatoms. The summed E-state index contributed by atoms with van der Waals surface area (Å²) in [6.07, 6.45) is 0.812. The van der Waals surface area contributed by atoms with Gasteiger partial charge < -0.3 is 24.4 Å². The second kappa shape index (κ2) is 17.5. The standard InChI is InChI=1S/C38H44FN3O7S/c1-6-27(3)40-38(44)34(23-28-11-9-8-10-12-28)41(25-29-13-15-30(39)16-14-29)37(43)26-42(31-17-19-32(20-18-31)49-7-2)50(45,46)33-21-22-35(47-4)36(24-33)48-5/h8-22,24,27,34H,6-7,23,25-26H2,1-5H3,(H,40,44)/t27-,34-/m1/s1. The Labute approximate surface area is 293 Å². The first kappa shape index (κ1) is 37.7. The van der Waals surface area contributed by atoms with Crippen molar-refractivity contribution < 1.29 is 36.6 Å². The Balaban J connectivity index is 1.83. The molecule has 4 aromatic carbocycles. The van der Waals surface area contributed by atoms with Gasteiger partial charge in [0.2, 0.25) is 11.8 Å². The normalized spacial score (nSPS) is 12.4. The lowest BCUT2D eigenvalue weighted by Crippen LogP contribution is -2.54. The molecule has 0 bridgehead atoms. The Morgan fingerprint density at radius 3 is 2.10 bits per heavy atom. The molecule has 0 radical (unpaired) electrons. The molecule has 0 aliphatic heterocycles. The summed E-state index contributed by atoms with van der Waals surface area (Å²) in [6.45, 7) is 5.30. The zero-order valence-electron chi connectivity index (χ0n) is 29.0. The van der Waals surface area contributed by atoms with Crippen molar-refractivity contribution in [3.63, 3.8) is 0 Å². The second-order valence-electron chi connectivity index (χ2n) is 11.6. The van der Waals surface area contributed by atoms with Crippen LogP contribution in [0.2, 0.25) is 0 Å². The number of benzene rings is 4. The predicted octanol–water partition coefficient (Wildman–Crippen LogP) is 5.99. The van der Waals surface area contributed by atoms with Crippen LogP contribution < -0.4 is 23.8 Å². The number of methoxy groups -OCH3 is 2. The number of ether oxygens (including phenoxy) is 3. The number of amides is 2. The minimum atomic E-state index is -4.41. The topological polar surface area (TPSA) is 114 Å². The molecule has 0 fully saturated rings. The van der Waals surface area contributed by atoms with Gasteiger partial charge in [-0.2, -0.15) is 0 Å². The molecular weight excluding hydrogens is 661 g/mol. The first-order chi connectivity index (χ1) is 24.0. The van der Waals surface area contributed by atoms with Crippen molar-refractivity contribution in [3.8, 4) is 17.2 Å². The number of hydrogen-bond donors (Lipinski definition) is 1. The third-order valence-corrected chi connectivity index (χ3v) is 9.97. The van der Waals surface area contributed by atoms with Crippen molar-refractivity contribution >= 4 is 27.5 Å². The van der Waals surface area contributed by atoms with Gasteiger partial charge in [-0.3, -0.25) is 13.9 Å². The maximum atomic E-state index is 14.7. The fraction of sp³-hybridized carbons (Fsp3) is 0.316. The highest BCUT2D eigenvalue weighted by atomic mass is 32.2. The molecule has 0 spiro atoms. The number of hydrogen-bond acceptors (Lipinski definition) is 7. The summed E-state index contributed by atoms with van der Waals surface area (Å²) in [4.78, 5) is 29.9. The van der Waals surface area contributed by atoms with E-state index >= 15 is 0 Å². The lowest BCUT2D eigenvalue weighted by molar-refractivity contribution is -0.140. The lowest BCUT2D eigenvalue weighted by atomic mass is 10.0. The van der Waals surface area contributed by atoms with E-state index in [-0.39, 0.29) is 35.3 Å². The minimum Gasteiger partial charge on any atom is -0.494 e. The van der Waals surface area contributed by atoms with Crippen LogP contribution in [0.1, 0.15) is 38.3 Å². The van der Waals surface area contributed by atoms with E-state index in [1.54, 1.807) is 24.3 Å². The van der Waals surface area contributed by atoms with Gasteiger partial charge in [0.05, 0.1) is 31.4 Å². The quantitative estimate of drug-likeness (QED) is 0.144. The molecule has 0 aromatic heterocycles. The van der Waals surface area contributed by atoms with Crippen molar-refractivity contribution in [2.24, 2.45) is 0 Å². The van der Waals surface area contributed by atoms with Crippen LogP contribution in [0, 0.1) is 5.82 Å². The molecule has 0 saturated heterocycles. The molecule has 0 aliphatic carbocycles. The van der Waals surface area contributed by atoms with Gasteiger partial charge in [-0.25, -0.2) is 12.8 Å². The number of halogens is 1. The maximum Gasteiger partial charge on any atom is 0.264 e. The van der Waals surface area contributed by atoms with Crippen LogP contribution >= 0.6 is 0 Å². The van der Waals surface area contributed by atoms with Gasteiger partial charge in [-0.15, -0.1) is 0 Å². The third kappa shape index (κ3) is 9.53. The molecule has 2 amide bonds. The Bertz CT molecular complexity index is 1820. The van der Waals surface area contributed by atoms with Crippen molar-refractivity contribution in [2.45, 2.75) is 57.1 Å². The molecule has 4 rings (SSSR count). The summed E-state index contributed by atoms with van der Waals surface area (Å²) in [6, 6.07) is 24.2. The number of nitrogens with one attached hydrogen (secondary N) is 1. The Kier molecular flexibility index (Phi) is 13.2. The summed E-state index contributed by atoms with van der Waals surface area (Å²) in [5.74, 6) is -0.453. The number of carbonyl (C=O) groups excluding carboxylic acids is 2. The molecule has 10 nitrogen and oxygen atoms in total. The monoisotopic (exact) mass is 705 g/mol. The van der Waals surface area contributed by atoms with Crippen LogP contribution in [0.3, 0.4) is 0 Å². The summed E-state index contributed by atoms with van der Waals surface area (Å²) >= 11 is 0. The lowest BCUT2D eigenvalue weighted by Gasteiger charge is -2.34. The summed E-state index contributed by atoms with van der Waals surface area (Å²) in [7, 11) is -1.58. The van der Waals surface area contributed by atoms with Gasteiger partial charge in [0.15, 0.2) is 11.5 Å². The zero-order valence-corrected chi connectivity index (χ0v) is 29.8. The molecule has 266 valence electrons. The molecule has 0 heterocycles. The Hall–Kier alpha value is -5.10. The van der Waals surface area contributed by atoms with Crippen LogP contribution in [0.5, 0.6) is 17.2 Å². The SMILES string of the molecule is CCOc1ccc(N(CC(=O)N(Cc2ccc(F)cc2)[C@H](Cc2ccccc2)C(=O)N[C@H](C)CC)S(=O)(=O)c2ccc(OC)c(OC)c2)cc1. The summed E-state index contributed by atoms with van der Waals surface area (Å²) < 4.78 is 60.1. The highest BCUT2D eigenvalue weighted by molar-refractivity contribution is 7.92. The number of carbonyl (C=O) groups is 2. The van der Waals surface area contributed by atoms with Crippen LogP contribution in [0.4, 0.5) is 10.1 Å². The summed E-state index contributed by atoms with van der Waals surface area (Å²) in [5, 5.41) is 3.00. The fourth-order valence-corrected chi connectivity index (χ4v) is 6.72. The maximum absolute atomic E-state index is 14.7. The average molecular weight is 706 g/mol. The largest absolute Gasteiger partial charge is 0.494 e. The fourth-order valence-electron chi connectivity index (χ4n) is 5.29. The van der Waals surface area contributed by atoms with Crippen molar-refractivity contribution in [1.82, 2.24) is 10.2 Å². The smallest absolute Gasteiger partial charge is 0.264 e. The Morgan fingerprint density at radius 1 is 0.840 bits per heavy atom. The number of nitrogens with zero attached hydrogens (tertiary/aromatic N) is 2. The van der Waals surface area contributed by atoms with Crippen molar-refractivity contribution in [3.05, 3.63) is 114 Å². The highest BCUT2D eigenvalue weighted by Gasteiger charge is 2.35. The van der Waals surface area contributed by atoms with Crippen molar-refractivity contribution in [1.29, 1.82) is 0 Å². The predicted molar refractivity (Wildman–Crippen MR) is 190 cm³/mol. The van der Waals surface area contributed by atoms with Crippen LogP contribution in [-0.2, 0) is 32.6 Å². The van der Waals surface area contributed by atoms with E-state index in [0.29, 0.717) is 30.1 Å². The van der Waals surface area contributed by atoms with Gasteiger partial charge in [0, 0.05) is 25.1 Å². The van der Waals surface area contributed by atoms with E-state index in [9.17, 15) is 22.4 Å². The van der Waals surface area contributed by atoms with E-state index in [0.717, 1.165) is 9.87 Å². The molecule has 4 aromatic rings. The van der Waals surface area contributed by atoms with E-state index in [2.05, 4.69) is 5.32 Å². The first-order valence-corrected chi connectivity index (χ1v) is 17.8. The van der Waals surface area contributed by atoms with Crippen molar-refractivity contribution in [2.75, 3.05) is 31.7 Å². The van der Waals surface area contributed by atoms with Crippen LogP contribution in [-0.4, -0.2) is 64.6 Å². The molecule has 2 atom stereocenters. The molecule has 0 unspecified atom stereocenters. The van der Waals surface area contributed by atoms with Gasteiger partial charge in [0.25, 0.3) is 10.0 Å². The van der Waals surface area contributed by atoms with E-state index in [1.807, 2.05) is 51.1 Å². The van der Waals surface area contributed by atoms with Gasteiger partial charge in [0.1, 0.15) is 24.2 Å². The number of sulfonamides is 1.